The highest BCUT2D eigenvalue weighted by molar-refractivity contribution is 5.97. The quantitative estimate of drug-likeness (QED) is 0.896. The average Bonchev–Trinajstić information content (AvgIpc) is 2.38. The molecule has 1 aliphatic rings. The molecular formula is C15H20ClFN2O2. The Labute approximate surface area is 130 Å². The minimum absolute atomic E-state index is 0. The molecule has 0 saturated carbocycles. The number of halogens is 2. The van der Waals surface area contributed by atoms with Gasteiger partial charge in [-0.3, -0.25) is 4.79 Å². The highest BCUT2D eigenvalue weighted by Crippen LogP contribution is 2.26. The second-order valence-electron chi connectivity index (χ2n) is 5.59. The van der Waals surface area contributed by atoms with Crippen LogP contribution in [0.1, 0.15) is 29.8 Å². The minimum atomic E-state index is -0.274. The van der Waals surface area contributed by atoms with Crippen molar-refractivity contribution in [2.24, 2.45) is 5.73 Å². The Morgan fingerprint density at radius 2 is 2.24 bits per heavy atom. The number of fused-ring (bicyclic) bond motifs is 1. The molecule has 1 aliphatic heterocycles. The second kappa shape index (κ2) is 6.91. The lowest BCUT2D eigenvalue weighted by atomic mass is 9.87. The molecule has 1 aromatic carbocycles. The van der Waals surface area contributed by atoms with E-state index < -0.39 is 0 Å². The van der Waals surface area contributed by atoms with Crippen LogP contribution in [-0.2, 0) is 6.42 Å². The van der Waals surface area contributed by atoms with E-state index in [0.29, 0.717) is 23.2 Å². The van der Waals surface area contributed by atoms with Crippen LogP contribution in [0, 0.1) is 0 Å². The van der Waals surface area contributed by atoms with Gasteiger partial charge in [-0.15, -0.1) is 12.4 Å². The van der Waals surface area contributed by atoms with Crippen LogP contribution in [0.25, 0.3) is 0 Å². The number of hydrogen-bond acceptors (Lipinski definition) is 3. The zero-order valence-corrected chi connectivity index (χ0v) is 12.9. The normalized spacial score (nSPS) is 16.6. The van der Waals surface area contributed by atoms with Gasteiger partial charge in [0.25, 0.3) is 5.91 Å². The smallest absolute Gasteiger partial charge is 0.251 e. The van der Waals surface area contributed by atoms with Crippen LogP contribution in [-0.4, -0.2) is 24.6 Å². The lowest BCUT2D eigenvalue weighted by Crippen LogP contribution is -2.49. The zero-order chi connectivity index (χ0) is 14.8. The summed E-state index contributed by atoms with van der Waals surface area (Å²) in [4.78, 5) is 11.9. The van der Waals surface area contributed by atoms with Gasteiger partial charge in [0.05, 0.1) is 6.33 Å². The fourth-order valence-corrected chi connectivity index (χ4v) is 2.23. The summed E-state index contributed by atoms with van der Waals surface area (Å²) in [5.74, 6) is 0.538. The molecule has 0 aromatic heterocycles. The Bertz CT molecular complexity index is 559. The number of nitrogens with two attached hydrogens (primary N) is 1. The zero-order valence-electron chi connectivity index (χ0n) is 12.1. The summed E-state index contributed by atoms with van der Waals surface area (Å²) in [6, 6.07) is 5.28. The van der Waals surface area contributed by atoms with Gasteiger partial charge >= 0.3 is 0 Å². The van der Waals surface area contributed by atoms with Crippen LogP contribution in [0.15, 0.2) is 30.1 Å². The van der Waals surface area contributed by atoms with E-state index in [1.165, 1.54) is 0 Å². The Kier molecular flexibility index (Phi) is 5.75. The molecule has 0 aliphatic carbocycles. The molecule has 0 bridgehead atoms. The molecule has 0 radical (unpaired) electrons. The van der Waals surface area contributed by atoms with Crippen LogP contribution in [0.5, 0.6) is 5.75 Å². The van der Waals surface area contributed by atoms with Gasteiger partial charge in [0.15, 0.2) is 0 Å². The number of benzene rings is 1. The molecule has 0 spiro atoms. The Morgan fingerprint density at radius 1 is 1.52 bits per heavy atom. The van der Waals surface area contributed by atoms with Gasteiger partial charge in [-0.05, 0) is 44.0 Å². The first kappa shape index (κ1) is 17.5. The van der Waals surface area contributed by atoms with Gasteiger partial charge in [-0.2, -0.15) is 0 Å². The largest absolute Gasteiger partial charge is 0.489 e. The van der Waals surface area contributed by atoms with Gasteiger partial charge in [0.2, 0.25) is 0 Å². The van der Waals surface area contributed by atoms with Gasteiger partial charge in [0, 0.05) is 23.2 Å². The SMILES string of the molecule is CC1(C)Cc2cc(OCC(=CF)CN)ccc2C(=O)N1.Cl. The molecule has 4 nitrogen and oxygen atoms in total. The number of carbonyl (C=O) groups excluding carboxylic acids is 1. The summed E-state index contributed by atoms with van der Waals surface area (Å²) < 4.78 is 17.9. The molecule has 0 saturated heterocycles. The van der Waals surface area contributed by atoms with Gasteiger partial charge < -0.3 is 15.8 Å². The van der Waals surface area contributed by atoms with Gasteiger partial charge in [-0.25, -0.2) is 4.39 Å². The summed E-state index contributed by atoms with van der Waals surface area (Å²) in [5.41, 5.74) is 7.09. The molecule has 3 N–H and O–H groups in total. The summed E-state index contributed by atoms with van der Waals surface area (Å²) in [6.07, 6.45) is 1.20. The van der Waals surface area contributed by atoms with E-state index in [0.717, 1.165) is 12.0 Å². The molecule has 0 unspecified atom stereocenters. The molecular weight excluding hydrogens is 295 g/mol. The van der Waals surface area contributed by atoms with E-state index in [-0.39, 0.29) is 37.0 Å². The fraction of sp³-hybridized carbons (Fsp3) is 0.400. The van der Waals surface area contributed by atoms with Crippen LogP contribution in [0.4, 0.5) is 4.39 Å². The Morgan fingerprint density at radius 3 is 2.86 bits per heavy atom. The van der Waals surface area contributed by atoms with Crippen molar-refractivity contribution < 1.29 is 13.9 Å². The van der Waals surface area contributed by atoms with Crippen molar-refractivity contribution in [2.75, 3.05) is 13.2 Å². The predicted molar refractivity (Wildman–Crippen MR) is 82.7 cm³/mol. The number of ether oxygens (including phenoxy) is 1. The molecule has 1 amide bonds. The molecule has 6 heteroatoms. The lowest BCUT2D eigenvalue weighted by molar-refractivity contribution is 0.0897. The van der Waals surface area contributed by atoms with Crippen LogP contribution in [0.2, 0.25) is 0 Å². The minimum Gasteiger partial charge on any atom is -0.489 e. The third-order valence-corrected chi connectivity index (χ3v) is 3.25. The summed E-state index contributed by atoms with van der Waals surface area (Å²) >= 11 is 0. The first-order chi connectivity index (χ1) is 9.45. The number of carbonyl (C=O) groups is 1. The lowest BCUT2D eigenvalue weighted by Gasteiger charge is -2.32. The van der Waals surface area contributed by atoms with E-state index in [2.05, 4.69) is 5.32 Å². The van der Waals surface area contributed by atoms with Crippen molar-refractivity contribution in [3.8, 4) is 5.75 Å². The van der Waals surface area contributed by atoms with Crippen LogP contribution >= 0.6 is 12.4 Å². The van der Waals surface area contributed by atoms with Crippen molar-refractivity contribution in [3.63, 3.8) is 0 Å². The van der Waals surface area contributed by atoms with E-state index in [1.54, 1.807) is 12.1 Å². The average molecular weight is 315 g/mol. The first-order valence-electron chi connectivity index (χ1n) is 6.51. The van der Waals surface area contributed by atoms with Crippen molar-refractivity contribution in [1.82, 2.24) is 5.32 Å². The number of rotatable bonds is 4. The van der Waals surface area contributed by atoms with Crippen molar-refractivity contribution >= 4 is 18.3 Å². The predicted octanol–water partition coefficient (Wildman–Crippen LogP) is 2.36. The van der Waals surface area contributed by atoms with Crippen molar-refractivity contribution in [1.29, 1.82) is 0 Å². The maximum Gasteiger partial charge on any atom is 0.251 e. The number of hydrogen-bond donors (Lipinski definition) is 2. The second-order valence-corrected chi connectivity index (χ2v) is 5.59. The van der Waals surface area contributed by atoms with Crippen LogP contribution < -0.4 is 15.8 Å². The van der Waals surface area contributed by atoms with Crippen molar-refractivity contribution in [3.05, 3.63) is 41.2 Å². The topological polar surface area (TPSA) is 64.3 Å². The highest BCUT2D eigenvalue weighted by Gasteiger charge is 2.29. The summed E-state index contributed by atoms with van der Waals surface area (Å²) in [7, 11) is 0. The van der Waals surface area contributed by atoms with Gasteiger partial charge in [0.1, 0.15) is 12.4 Å². The van der Waals surface area contributed by atoms with Gasteiger partial charge in [-0.1, -0.05) is 0 Å². The number of amides is 1. The summed E-state index contributed by atoms with van der Waals surface area (Å²) in [6.45, 7) is 4.18. The maximum absolute atomic E-state index is 12.4. The third-order valence-electron chi connectivity index (χ3n) is 3.25. The van der Waals surface area contributed by atoms with Crippen LogP contribution in [0.3, 0.4) is 0 Å². The van der Waals surface area contributed by atoms with Crippen molar-refractivity contribution in [2.45, 2.75) is 25.8 Å². The molecule has 2 rings (SSSR count). The molecule has 0 atom stereocenters. The van der Waals surface area contributed by atoms with E-state index in [1.807, 2.05) is 19.9 Å². The monoisotopic (exact) mass is 314 g/mol. The van der Waals surface area contributed by atoms with E-state index >= 15 is 0 Å². The standard InChI is InChI=1S/C15H19FN2O2.ClH/c1-15(2)6-11-5-12(20-9-10(7-16)8-17)3-4-13(11)14(19)18-15;/h3-5,7H,6,8-9,17H2,1-2H3,(H,18,19);1H. The Hall–Kier alpha value is -1.59. The summed E-state index contributed by atoms with van der Waals surface area (Å²) in [5, 5.41) is 2.94. The third kappa shape index (κ3) is 4.19. The van der Waals surface area contributed by atoms with E-state index in [9.17, 15) is 9.18 Å². The number of nitrogens with one attached hydrogen (secondary N) is 1. The molecule has 21 heavy (non-hydrogen) atoms. The highest BCUT2D eigenvalue weighted by atomic mass is 35.5. The molecule has 0 fully saturated rings. The molecule has 1 aromatic rings. The van der Waals surface area contributed by atoms with E-state index in [4.69, 9.17) is 10.5 Å². The Balaban J connectivity index is 0.00000220. The fourth-order valence-electron chi connectivity index (χ4n) is 2.23. The molecule has 1 heterocycles. The first-order valence-corrected chi connectivity index (χ1v) is 6.51. The molecule has 116 valence electrons. The maximum atomic E-state index is 12.4.